The van der Waals surface area contributed by atoms with Crippen molar-refractivity contribution in [2.75, 3.05) is 13.2 Å². The molecule has 1 aromatic carbocycles. The lowest BCUT2D eigenvalue weighted by molar-refractivity contribution is -0.129. The second-order valence-corrected chi connectivity index (χ2v) is 4.82. The van der Waals surface area contributed by atoms with Gasteiger partial charge in [0, 0.05) is 6.54 Å². The third-order valence-corrected chi connectivity index (χ3v) is 3.56. The fourth-order valence-corrected chi connectivity index (χ4v) is 2.49. The largest absolute Gasteiger partial charge is 0.490 e. The molecular weight excluding hydrogens is 252 g/mol. The highest BCUT2D eigenvalue weighted by Gasteiger charge is 2.37. The molecule has 20 heavy (non-hydrogen) atoms. The Labute approximate surface area is 120 Å². The van der Waals surface area contributed by atoms with Crippen molar-refractivity contribution in [3.8, 4) is 5.75 Å². The maximum absolute atomic E-state index is 12.2. The molecule has 0 radical (unpaired) electrons. The minimum absolute atomic E-state index is 0.0362. The number of hydrogen-bond acceptors (Lipinski definition) is 3. The summed E-state index contributed by atoms with van der Waals surface area (Å²) in [6.07, 6.45) is 2.49. The van der Waals surface area contributed by atoms with Gasteiger partial charge in [-0.3, -0.25) is 10.1 Å². The Balaban J connectivity index is 2.14. The lowest BCUT2D eigenvalue weighted by Gasteiger charge is -2.23. The van der Waals surface area contributed by atoms with Crippen LogP contribution in [0, 0.1) is 0 Å². The molecule has 0 aromatic heterocycles. The fourth-order valence-electron chi connectivity index (χ4n) is 2.49. The molecule has 1 saturated heterocycles. The van der Waals surface area contributed by atoms with Crippen LogP contribution in [-0.2, 0) is 4.79 Å². The summed E-state index contributed by atoms with van der Waals surface area (Å²) in [6.45, 7) is 8.86. The van der Waals surface area contributed by atoms with Crippen LogP contribution in [0.15, 0.2) is 36.9 Å². The van der Waals surface area contributed by atoms with Gasteiger partial charge in [0.1, 0.15) is 18.5 Å². The Morgan fingerprint density at radius 1 is 1.35 bits per heavy atom. The van der Waals surface area contributed by atoms with E-state index in [-0.39, 0.29) is 18.1 Å². The second kappa shape index (κ2) is 6.57. The van der Waals surface area contributed by atoms with E-state index in [1.54, 1.807) is 6.08 Å². The van der Waals surface area contributed by atoms with Crippen LogP contribution in [0.25, 0.3) is 0 Å². The smallest absolute Gasteiger partial charge is 0.241 e. The number of benzene rings is 1. The molecule has 1 heterocycles. The topological polar surface area (TPSA) is 41.6 Å². The van der Waals surface area contributed by atoms with Gasteiger partial charge in [-0.05, 0) is 31.0 Å². The number of ether oxygens (including phenoxy) is 1. The zero-order chi connectivity index (χ0) is 14.5. The predicted octanol–water partition coefficient (Wildman–Crippen LogP) is 2.48. The number of hydrogen-bond donors (Lipinski definition) is 1. The summed E-state index contributed by atoms with van der Waals surface area (Å²) in [6, 6.07) is 7.79. The van der Waals surface area contributed by atoms with Gasteiger partial charge in [-0.15, -0.1) is 0 Å². The molecule has 1 N–H and O–H groups in total. The summed E-state index contributed by atoms with van der Waals surface area (Å²) in [5, 5.41) is 3.39. The maximum Gasteiger partial charge on any atom is 0.241 e. The monoisotopic (exact) mass is 274 g/mol. The number of nitrogens with one attached hydrogen (secondary N) is 1. The molecule has 1 aromatic rings. The van der Waals surface area contributed by atoms with Gasteiger partial charge in [0.15, 0.2) is 0 Å². The molecular formula is C16H22N2O2. The number of carbonyl (C=O) groups is 1. The molecule has 0 aliphatic carbocycles. The molecule has 2 atom stereocenters. The lowest BCUT2D eigenvalue weighted by Crippen LogP contribution is -2.30. The van der Waals surface area contributed by atoms with E-state index in [1.807, 2.05) is 43.0 Å². The van der Waals surface area contributed by atoms with Gasteiger partial charge in [-0.2, -0.15) is 0 Å². The average molecular weight is 274 g/mol. The summed E-state index contributed by atoms with van der Waals surface area (Å²) < 4.78 is 5.47. The van der Waals surface area contributed by atoms with Gasteiger partial charge in [0.05, 0.1) is 6.04 Å². The predicted molar refractivity (Wildman–Crippen MR) is 79.5 cm³/mol. The normalized spacial score (nSPS) is 22.1. The van der Waals surface area contributed by atoms with E-state index in [4.69, 9.17) is 4.74 Å². The van der Waals surface area contributed by atoms with Crippen LogP contribution in [0.3, 0.4) is 0 Å². The van der Waals surface area contributed by atoms with Gasteiger partial charge in [-0.25, -0.2) is 0 Å². The highest BCUT2D eigenvalue weighted by Crippen LogP contribution is 2.27. The number of amides is 1. The van der Waals surface area contributed by atoms with Crippen LogP contribution in [0.2, 0.25) is 0 Å². The molecule has 4 nitrogen and oxygen atoms in total. The summed E-state index contributed by atoms with van der Waals surface area (Å²) >= 11 is 0. The van der Waals surface area contributed by atoms with E-state index >= 15 is 0 Å². The first kappa shape index (κ1) is 14.6. The molecule has 1 aliphatic heterocycles. The molecule has 1 fully saturated rings. The van der Waals surface area contributed by atoms with E-state index in [0.717, 1.165) is 17.7 Å². The Morgan fingerprint density at radius 2 is 2.05 bits per heavy atom. The molecule has 0 saturated carbocycles. The first-order valence-electron chi connectivity index (χ1n) is 7.11. The zero-order valence-corrected chi connectivity index (χ0v) is 12.1. The van der Waals surface area contributed by atoms with Gasteiger partial charge in [0.25, 0.3) is 0 Å². The van der Waals surface area contributed by atoms with Crippen LogP contribution in [0.4, 0.5) is 0 Å². The second-order valence-electron chi connectivity index (χ2n) is 4.82. The van der Waals surface area contributed by atoms with Crippen molar-refractivity contribution in [1.82, 2.24) is 10.2 Å². The van der Waals surface area contributed by atoms with Gasteiger partial charge < -0.3 is 9.64 Å². The van der Waals surface area contributed by atoms with Crippen molar-refractivity contribution in [3.05, 3.63) is 42.5 Å². The Bertz CT molecular complexity index is 470. The molecule has 4 heteroatoms. The highest BCUT2D eigenvalue weighted by molar-refractivity contribution is 5.84. The average Bonchev–Trinajstić information content (AvgIpc) is 2.81. The van der Waals surface area contributed by atoms with Gasteiger partial charge >= 0.3 is 0 Å². The summed E-state index contributed by atoms with van der Waals surface area (Å²) in [5.41, 5.74) is 1.09. The van der Waals surface area contributed by atoms with E-state index < -0.39 is 0 Å². The van der Waals surface area contributed by atoms with Crippen LogP contribution < -0.4 is 10.1 Å². The van der Waals surface area contributed by atoms with E-state index in [9.17, 15) is 4.79 Å². The minimum Gasteiger partial charge on any atom is -0.490 e. The van der Waals surface area contributed by atoms with Crippen molar-refractivity contribution >= 4 is 5.91 Å². The van der Waals surface area contributed by atoms with Crippen molar-refractivity contribution in [3.63, 3.8) is 0 Å². The van der Waals surface area contributed by atoms with Crippen molar-refractivity contribution in [2.45, 2.75) is 32.5 Å². The third kappa shape index (κ3) is 2.85. The first-order chi connectivity index (χ1) is 9.71. The Kier molecular flexibility index (Phi) is 4.79. The van der Waals surface area contributed by atoms with Gasteiger partial charge in [-0.1, -0.05) is 31.7 Å². The number of likely N-dealkylation sites (N-methyl/N-ethyl adjacent to an activating group) is 1. The van der Waals surface area contributed by atoms with E-state index in [1.165, 1.54) is 0 Å². The molecule has 2 rings (SSSR count). The van der Waals surface area contributed by atoms with Crippen molar-refractivity contribution < 1.29 is 9.53 Å². The third-order valence-electron chi connectivity index (χ3n) is 3.56. The van der Waals surface area contributed by atoms with Crippen LogP contribution in [0.5, 0.6) is 5.75 Å². The standard InChI is InChI=1S/C16H22N2O2/c1-4-11-20-13-9-7-12(8-10-13)15-17-14(5-2)16(19)18(15)6-3/h4,7-10,14-15,17H,1,5-6,11H2,2-3H3. The number of rotatable bonds is 6. The van der Waals surface area contributed by atoms with Crippen LogP contribution in [0.1, 0.15) is 32.0 Å². The van der Waals surface area contributed by atoms with Crippen LogP contribution >= 0.6 is 0 Å². The Hall–Kier alpha value is -1.81. The molecule has 1 amide bonds. The Morgan fingerprint density at radius 3 is 2.60 bits per heavy atom. The fraction of sp³-hybridized carbons (Fsp3) is 0.438. The van der Waals surface area contributed by atoms with E-state index in [0.29, 0.717) is 13.2 Å². The molecule has 108 valence electrons. The maximum atomic E-state index is 12.2. The SMILES string of the molecule is C=CCOc1ccc(C2NC(CC)C(=O)N2CC)cc1. The molecule has 2 unspecified atom stereocenters. The highest BCUT2D eigenvalue weighted by atomic mass is 16.5. The minimum atomic E-state index is -0.0726. The van der Waals surface area contributed by atoms with Gasteiger partial charge in [0.2, 0.25) is 5.91 Å². The molecule has 1 aliphatic rings. The van der Waals surface area contributed by atoms with Crippen molar-refractivity contribution in [1.29, 1.82) is 0 Å². The number of nitrogens with zero attached hydrogens (tertiary/aromatic N) is 1. The summed E-state index contributed by atoms with van der Waals surface area (Å²) in [7, 11) is 0. The van der Waals surface area contributed by atoms with Crippen LogP contribution in [-0.4, -0.2) is 30.0 Å². The van der Waals surface area contributed by atoms with Crippen molar-refractivity contribution in [2.24, 2.45) is 0 Å². The first-order valence-corrected chi connectivity index (χ1v) is 7.11. The summed E-state index contributed by atoms with van der Waals surface area (Å²) in [5.74, 6) is 1.00. The molecule has 0 spiro atoms. The van der Waals surface area contributed by atoms with E-state index in [2.05, 4.69) is 11.9 Å². The summed E-state index contributed by atoms with van der Waals surface area (Å²) in [4.78, 5) is 14.1. The zero-order valence-electron chi connectivity index (χ0n) is 12.1. The lowest BCUT2D eigenvalue weighted by atomic mass is 10.1. The quantitative estimate of drug-likeness (QED) is 0.810. The molecule has 0 bridgehead atoms. The number of carbonyl (C=O) groups excluding carboxylic acids is 1.